The van der Waals surface area contributed by atoms with Crippen LogP contribution in [0.3, 0.4) is 0 Å². The second-order valence-corrected chi connectivity index (χ2v) is 7.89. The van der Waals surface area contributed by atoms with E-state index < -0.39 is 29.4 Å². The van der Waals surface area contributed by atoms with Gasteiger partial charge < -0.3 is 14.8 Å². The van der Waals surface area contributed by atoms with Crippen LogP contribution in [0.2, 0.25) is 5.02 Å². The molecule has 1 aromatic heterocycles. The summed E-state index contributed by atoms with van der Waals surface area (Å²) in [5.74, 6) is -2.54. The zero-order chi connectivity index (χ0) is 24.2. The Morgan fingerprint density at radius 2 is 1.94 bits per heavy atom. The van der Waals surface area contributed by atoms with Gasteiger partial charge in [0, 0.05) is 5.56 Å². The zero-order valence-electron chi connectivity index (χ0n) is 17.8. The number of amides is 2. The van der Waals surface area contributed by atoms with E-state index in [-0.39, 0.29) is 45.8 Å². The Morgan fingerprint density at radius 3 is 2.69 bits per heavy atom. The molecule has 0 fully saturated rings. The third-order valence-corrected chi connectivity index (χ3v) is 5.87. The van der Waals surface area contributed by atoms with Crippen LogP contribution in [0, 0.1) is 11.6 Å². The third-order valence-electron chi connectivity index (χ3n) is 5.58. The second-order valence-electron chi connectivity index (χ2n) is 7.48. The number of aromatic nitrogens is 2. The number of carbonyl (C=O) groups is 2. The maximum Gasteiger partial charge on any atom is 0.413 e. The molecular formula is C23H16Cl2F2N4O4. The summed E-state index contributed by atoms with van der Waals surface area (Å²) < 4.78 is 34.6. The lowest BCUT2D eigenvalue weighted by atomic mass is 9.92. The van der Waals surface area contributed by atoms with Crippen molar-refractivity contribution in [1.82, 2.24) is 9.97 Å². The number of hydrogen-bond acceptors (Lipinski definition) is 5. The van der Waals surface area contributed by atoms with Crippen LogP contribution in [0.1, 0.15) is 21.5 Å². The van der Waals surface area contributed by atoms with Crippen molar-refractivity contribution in [3.63, 3.8) is 0 Å². The topological polar surface area (TPSA) is 108 Å². The summed E-state index contributed by atoms with van der Waals surface area (Å²) in [4.78, 5) is 32.6. The molecule has 1 unspecified atom stereocenters. The maximum absolute atomic E-state index is 15.1. The van der Waals surface area contributed by atoms with E-state index in [2.05, 4.69) is 20.0 Å². The van der Waals surface area contributed by atoms with E-state index in [9.17, 15) is 14.7 Å². The molecule has 0 saturated carbocycles. The molecule has 3 N–H and O–H groups in total. The lowest BCUT2D eigenvalue weighted by Crippen LogP contribution is -2.45. The molecule has 0 aliphatic carbocycles. The Balaban J connectivity index is 0.00000289. The minimum Gasteiger partial charge on any atom is -0.453 e. The predicted molar refractivity (Wildman–Crippen MR) is 127 cm³/mol. The number of aliphatic hydroxyl groups is 1. The fourth-order valence-corrected chi connectivity index (χ4v) is 4.26. The quantitative estimate of drug-likeness (QED) is 0.354. The average molecular weight is 521 g/mol. The van der Waals surface area contributed by atoms with Gasteiger partial charge in [-0.05, 0) is 36.4 Å². The zero-order valence-corrected chi connectivity index (χ0v) is 19.4. The summed E-state index contributed by atoms with van der Waals surface area (Å²) in [6, 6.07) is 12.1. The number of rotatable bonds is 3. The molecule has 1 aliphatic heterocycles. The Kier molecular flexibility index (Phi) is 6.14. The highest BCUT2D eigenvalue weighted by atomic mass is 35.5. The number of ether oxygens (including phenoxy) is 1. The molecule has 180 valence electrons. The fraction of sp³-hybridized carbons (Fsp3) is 0.0870. The van der Waals surface area contributed by atoms with Gasteiger partial charge in [-0.3, -0.25) is 15.0 Å². The first kappa shape index (κ1) is 24.4. The average Bonchev–Trinajstić information content (AvgIpc) is 3.32. The number of carbonyl (C=O) groups excluding carboxylic acids is 2. The first-order valence-electron chi connectivity index (χ1n) is 9.91. The van der Waals surface area contributed by atoms with Gasteiger partial charge in [0.05, 0.1) is 40.0 Å². The van der Waals surface area contributed by atoms with Crippen molar-refractivity contribution in [2.75, 3.05) is 17.3 Å². The normalized spacial score (nSPS) is 16.7. The van der Waals surface area contributed by atoms with Crippen LogP contribution in [-0.4, -0.2) is 34.2 Å². The Labute approximate surface area is 207 Å². The molecule has 35 heavy (non-hydrogen) atoms. The molecule has 1 atom stereocenters. The molecule has 5 rings (SSSR count). The number of hydrogen-bond donors (Lipinski definition) is 3. The van der Waals surface area contributed by atoms with Crippen LogP contribution in [0.15, 0.2) is 54.6 Å². The minimum absolute atomic E-state index is 0. The first-order valence-corrected chi connectivity index (χ1v) is 10.3. The monoisotopic (exact) mass is 520 g/mol. The van der Waals surface area contributed by atoms with Gasteiger partial charge in [-0.2, -0.15) is 0 Å². The maximum atomic E-state index is 15.1. The Hall–Kier alpha value is -3.73. The highest BCUT2D eigenvalue weighted by Gasteiger charge is 2.53. The lowest BCUT2D eigenvalue weighted by Gasteiger charge is -2.35. The van der Waals surface area contributed by atoms with Crippen molar-refractivity contribution < 1.29 is 28.2 Å². The van der Waals surface area contributed by atoms with E-state index in [0.717, 1.165) is 11.0 Å². The largest absolute Gasteiger partial charge is 0.453 e. The molecule has 1 aliphatic rings. The number of H-pyrrole nitrogens is 1. The van der Waals surface area contributed by atoms with Crippen molar-refractivity contribution in [2.45, 2.75) is 5.72 Å². The van der Waals surface area contributed by atoms with E-state index in [4.69, 9.17) is 11.6 Å². The second kappa shape index (κ2) is 8.81. The SMILES string of the molecule is COC(=O)Nc1nc2ccc(C3(O)c4c(F)cccc4C(=O)N3c3cccc(Cl)c3F)cc2[nH]1.Cl. The standard InChI is InChI=1S/C23H15ClF2N4O4.ClH/c1-34-22(32)29-21-27-15-9-8-11(10-16(15)28-21)23(33)18-12(4-2-6-14(18)25)20(31)30(23)17-7-3-5-13(24)19(17)26;/h2-10,33H,1H3,(H2,27,28,29,32);1H. The summed E-state index contributed by atoms with van der Waals surface area (Å²) in [5, 5.41) is 14.1. The molecule has 0 saturated heterocycles. The van der Waals surface area contributed by atoms with Gasteiger partial charge in [0.2, 0.25) is 11.7 Å². The number of aromatic amines is 1. The van der Waals surface area contributed by atoms with Crippen molar-refractivity contribution in [3.8, 4) is 0 Å². The van der Waals surface area contributed by atoms with Crippen LogP contribution >= 0.6 is 24.0 Å². The van der Waals surface area contributed by atoms with Gasteiger partial charge >= 0.3 is 6.09 Å². The Morgan fingerprint density at radius 1 is 1.20 bits per heavy atom. The van der Waals surface area contributed by atoms with Gasteiger partial charge in [-0.25, -0.2) is 18.6 Å². The molecule has 3 aromatic carbocycles. The molecule has 0 bridgehead atoms. The van der Waals surface area contributed by atoms with Crippen molar-refractivity contribution in [1.29, 1.82) is 0 Å². The van der Waals surface area contributed by atoms with Crippen molar-refractivity contribution in [2.24, 2.45) is 0 Å². The highest BCUT2D eigenvalue weighted by Crippen LogP contribution is 2.47. The molecule has 2 heterocycles. The smallest absolute Gasteiger partial charge is 0.413 e. The Bertz CT molecular complexity index is 1500. The number of imidazole rings is 1. The first-order chi connectivity index (χ1) is 16.3. The number of nitrogens with one attached hydrogen (secondary N) is 2. The van der Waals surface area contributed by atoms with E-state index in [1.54, 1.807) is 0 Å². The predicted octanol–water partition coefficient (Wildman–Crippen LogP) is 4.95. The molecule has 0 radical (unpaired) electrons. The van der Waals surface area contributed by atoms with Crippen molar-refractivity contribution >= 4 is 58.7 Å². The number of anilines is 2. The molecule has 8 nitrogen and oxygen atoms in total. The number of fused-ring (bicyclic) bond motifs is 2. The molecular weight excluding hydrogens is 505 g/mol. The highest BCUT2D eigenvalue weighted by molar-refractivity contribution is 6.31. The number of methoxy groups -OCH3 is 1. The summed E-state index contributed by atoms with van der Waals surface area (Å²) >= 11 is 5.93. The van der Waals surface area contributed by atoms with Crippen LogP contribution in [0.25, 0.3) is 11.0 Å². The van der Waals surface area contributed by atoms with Crippen LogP contribution in [0.4, 0.5) is 25.2 Å². The number of benzene rings is 3. The number of halogens is 4. The van der Waals surface area contributed by atoms with Gasteiger partial charge in [-0.15, -0.1) is 12.4 Å². The van der Waals surface area contributed by atoms with Crippen LogP contribution in [0.5, 0.6) is 0 Å². The summed E-state index contributed by atoms with van der Waals surface area (Å²) in [6.07, 6.45) is -0.752. The third kappa shape index (κ3) is 3.66. The van der Waals surface area contributed by atoms with Gasteiger partial charge in [0.25, 0.3) is 5.91 Å². The van der Waals surface area contributed by atoms with E-state index in [1.807, 2.05) is 0 Å². The molecule has 4 aromatic rings. The number of nitrogens with zero attached hydrogens (tertiary/aromatic N) is 2. The van der Waals surface area contributed by atoms with Crippen LogP contribution in [-0.2, 0) is 10.5 Å². The summed E-state index contributed by atoms with van der Waals surface area (Å²) in [5.41, 5.74) is -2.40. The molecule has 0 spiro atoms. The summed E-state index contributed by atoms with van der Waals surface area (Å²) in [7, 11) is 1.19. The lowest BCUT2D eigenvalue weighted by molar-refractivity contribution is 0.0681. The van der Waals surface area contributed by atoms with Crippen molar-refractivity contribution in [3.05, 3.63) is 87.9 Å². The van der Waals surface area contributed by atoms with E-state index >= 15 is 8.78 Å². The van der Waals surface area contributed by atoms with E-state index in [0.29, 0.717) is 11.0 Å². The minimum atomic E-state index is -2.42. The van der Waals surface area contributed by atoms with Gasteiger partial charge in [0.1, 0.15) is 5.82 Å². The molecule has 12 heteroatoms. The van der Waals surface area contributed by atoms with Gasteiger partial charge in [0.15, 0.2) is 5.82 Å². The van der Waals surface area contributed by atoms with Gasteiger partial charge in [-0.1, -0.05) is 29.8 Å². The fourth-order valence-electron chi connectivity index (χ4n) is 4.09. The summed E-state index contributed by atoms with van der Waals surface area (Å²) in [6.45, 7) is 0. The van der Waals surface area contributed by atoms with E-state index in [1.165, 1.54) is 55.6 Å². The molecule has 2 amide bonds. The van der Waals surface area contributed by atoms with Crippen LogP contribution < -0.4 is 10.2 Å².